The van der Waals surface area contributed by atoms with Crippen molar-refractivity contribution < 1.29 is 0 Å². The van der Waals surface area contributed by atoms with Crippen LogP contribution in [0.2, 0.25) is 0 Å². The van der Waals surface area contributed by atoms with E-state index in [0.29, 0.717) is 12.3 Å². The largest absolute Gasteiger partial charge is 0.290 e. The van der Waals surface area contributed by atoms with Gasteiger partial charge in [0, 0.05) is 16.1 Å². The Kier molecular flexibility index (Phi) is 4.23. The van der Waals surface area contributed by atoms with Crippen LogP contribution in [0.4, 0.5) is 0 Å². The summed E-state index contributed by atoms with van der Waals surface area (Å²) in [6, 6.07) is 10.9. The Morgan fingerprint density at radius 3 is 2.48 bits per heavy atom. The van der Waals surface area contributed by atoms with Crippen molar-refractivity contribution in [2.24, 2.45) is 0 Å². The summed E-state index contributed by atoms with van der Waals surface area (Å²) in [6.45, 7) is 8.67. The van der Waals surface area contributed by atoms with Crippen molar-refractivity contribution in [3.8, 4) is 17.3 Å². The minimum atomic E-state index is 0.381. The molecule has 0 bridgehead atoms. The maximum Gasteiger partial charge on any atom is 0.194 e. The summed E-state index contributed by atoms with van der Waals surface area (Å²) < 4.78 is 2.19. The molecule has 0 N–H and O–H groups in total. The lowest BCUT2D eigenvalue weighted by Gasteiger charge is -2.07. The normalized spacial score (nSPS) is 11.3. The van der Waals surface area contributed by atoms with E-state index in [0.717, 1.165) is 28.3 Å². The molecule has 0 amide bonds. The number of fused-ring (bicyclic) bond motifs is 1. The van der Waals surface area contributed by atoms with E-state index in [-0.39, 0.29) is 0 Å². The molecule has 23 heavy (non-hydrogen) atoms. The molecule has 0 fully saturated rings. The van der Waals surface area contributed by atoms with Crippen LogP contribution >= 0.6 is 11.3 Å². The van der Waals surface area contributed by atoms with Gasteiger partial charge in [-0.1, -0.05) is 45.0 Å². The van der Waals surface area contributed by atoms with Crippen LogP contribution in [-0.2, 0) is 12.8 Å². The Labute approximate surface area is 141 Å². The molecule has 0 saturated heterocycles. The van der Waals surface area contributed by atoms with Crippen molar-refractivity contribution in [3.05, 3.63) is 46.1 Å². The van der Waals surface area contributed by atoms with Crippen LogP contribution in [0.15, 0.2) is 24.3 Å². The maximum atomic E-state index is 9.27. The molecular formula is C19H21N3S. The van der Waals surface area contributed by atoms with Crippen LogP contribution in [0.3, 0.4) is 0 Å². The van der Waals surface area contributed by atoms with E-state index in [2.05, 4.69) is 62.4 Å². The molecule has 3 rings (SSSR count). The minimum Gasteiger partial charge on any atom is -0.290 e. The zero-order valence-corrected chi connectivity index (χ0v) is 14.9. The molecule has 3 nitrogen and oxygen atoms in total. The number of aryl methyl sites for hydroxylation is 2. The number of hydrogen-bond acceptors (Lipinski definition) is 3. The van der Waals surface area contributed by atoms with Gasteiger partial charge < -0.3 is 0 Å². The highest BCUT2D eigenvalue weighted by Crippen LogP contribution is 2.32. The predicted molar refractivity (Wildman–Crippen MR) is 96.0 cm³/mol. The van der Waals surface area contributed by atoms with E-state index in [1.54, 1.807) is 11.3 Å². The van der Waals surface area contributed by atoms with Crippen LogP contribution in [0.25, 0.3) is 16.2 Å². The van der Waals surface area contributed by atoms with Crippen LogP contribution in [0.5, 0.6) is 0 Å². The fourth-order valence-corrected chi connectivity index (χ4v) is 4.11. The second-order valence-corrected chi connectivity index (χ2v) is 7.28. The molecule has 0 spiro atoms. The van der Waals surface area contributed by atoms with Crippen molar-refractivity contribution in [1.82, 2.24) is 9.38 Å². The molecule has 3 aromatic rings. The number of nitriles is 1. The zero-order chi connectivity index (χ0) is 16.6. The smallest absolute Gasteiger partial charge is 0.194 e. The van der Waals surface area contributed by atoms with Gasteiger partial charge in [0.15, 0.2) is 4.96 Å². The Bertz CT molecular complexity index is 876. The highest BCUT2D eigenvalue weighted by molar-refractivity contribution is 7.17. The van der Waals surface area contributed by atoms with Crippen molar-refractivity contribution in [2.45, 2.75) is 46.5 Å². The van der Waals surface area contributed by atoms with Crippen molar-refractivity contribution in [3.63, 3.8) is 0 Å². The van der Waals surface area contributed by atoms with Gasteiger partial charge in [-0.15, -0.1) is 11.3 Å². The molecule has 0 aliphatic carbocycles. The number of hydrogen-bond donors (Lipinski definition) is 0. The average Bonchev–Trinajstić information content (AvgIpc) is 3.03. The number of nitrogens with zero attached hydrogens (tertiary/aromatic N) is 3. The van der Waals surface area contributed by atoms with Gasteiger partial charge in [0.05, 0.1) is 23.9 Å². The van der Waals surface area contributed by atoms with Gasteiger partial charge in [0.2, 0.25) is 0 Å². The summed E-state index contributed by atoms with van der Waals surface area (Å²) in [5, 5.41) is 9.27. The summed E-state index contributed by atoms with van der Waals surface area (Å²) in [7, 11) is 0. The van der Waals surface area contributed by atoms with E-state index in [1.807, 2.05) is 0 Å². The minimum absolute atomic E-state index is 0.381. The van der Waals surface area contributed by atoms with Gasteiger partial charge in [0.25, 0.3) is 0 Å². The fourth-order valence-electron chi connectivity index (χ4n) is 3.03. The standard InChI is InChI=1S/C19H21N3S/c1-5-16-13(4)23-19-21-18(17(10-11-20)22(16)19)15-8-6-14(7-9-15)12(2)3/h6-9,12H,5,10H2,1-4H3. The molecule has 0 aliphatic heterocycles. The summed E-state index contributed by atoms with van der Waals surface area (Å²) in [4.78, 5) is 7.12. The topological polar surface area (TPSA) is 41.1 Å². The van der Waals surface area contributed by atoms with Crippen LogP contribution in [0.1, 0.15) is 48.5 Å². The predicted octanol–water partition coefficient (Wildman–Crippen LogP) is 5.12. The third-order valence-electron chi connectivity index (χ3n) is 4.29. The Morgan fingerprint density at radius 1 is 1.22 bits per heavy atom. The van der Waals surface area contributed by atoms with Gasteiger partial charge in [-0.05, 0) is 24.8 Å². The SMILES string of the molecule is CCc1c(C)sc2nc(-c3ccc(C(C)C)cc3)c(CC#N)n12. The van der Waals surface area contributed by atoms with E-state index in [1.165, 1.54) is 16.1 Å². The number of aromatic nitrogens is 2. The molecule has 0 aliphatic rings. The first-order chi connectivity index (χ1) is 11.1. The quantitative estimate of drug-likeness (QED) is 0.668. The molecule has 2 aromatic heterocycles. The van der Waals surface area contributed by atoms with Crippen LogP contribution in [-0.4, -0.2) is 9.38 Å². The van der Waals surface area contributed by atoms with E-state index >= 15 is 0 Å². The number of benzene rings is 1. The van der Waals surface area contributed by atoms with Crippen molar-refractivity contribution in [1.29, 1.82) is 5.26 Å². The number of thiazole rings is 1. The summed E-state index contributed by atoms with van der Waals surface area (Å²) >= 11 is 1.71. The summed E-state index contributed by atoms with van der Waals surface area (Å²) in [6.07, 6.45) is 1.33. The van der Waals surface area contributed by atoms with Crippen molar-refractivity contribution >= 4 is 16.3 Å². The average molecular weight is 323 g/mol. The second kappa shape index (κ2) is 6.17. The third kappa shape index (κ3) is 2.66. The maximum absolute atomic E-state index is 9.27. The lowest BCUT2D eigenvalue weighted by molar-refractivity contribution is 0.867. The zero-order valence-electron chi connectivity index (χ0n) is 14.1. The second-order valence-electron chi connectivity index (χ2n) is 6.10. The molecule has 118 valence electrons. The first kappa shape index (κ1) is 15.8. The monoisotopic (exact) mass is 323 g/mol. The first-order valence-electron chi connectivity index (χ1n) is 8.03. The molecule has 0 unspecified atom stereocenters. The van der Waals surface area contributed by atoms with Gasteiger partial charge in [-0.2, -0.15) is 5.26 Å². The molecule has 0 radical (unpaired) electrons. The molecule has 4 heteroatoms. The third-order valence-corrected chi connectivity index (χ3v) is 5.29. The fraction of sp³-hybridized carbons (Fsp3) is 0.368. The number of rotatable bonds is 4. The van der Waals surface area contributed by atoms with Crippen molar-refractivity contribution in [2.75, 3.05) is 0 Å². The Balaban J connectivity index is 2.19. The lowest BCUT2D eigenvalue weighted by Crippen LogP contribution is -1.98. The van der Waals surface area contributed by atoms with Crippen LogP contribution in [0, 0.1) is 18.3 Å². The highest BCUT2D eigenvalue weighted by atomic mass is 32.1. The molecule has 0 atom stereocenters. The lowest BCUT2D eigenvalue weighted by atomic mass is 10.00. The van der Waals surface area contributed by atoms with E-state index in [4.69, 9.17) is 4.98 Å². The van der Waals surface area contributed by atoms with Gasteiger partial charge in [-0.25, -0.2) is 4.98 Å². The summed E-state index contributed by atoms with van der Waals surface area (Å²) in [5.74, 6) is 0.516. The van der Waals surface area contributed by atoms with Crippen LogP contribution < -0.4 is 0 Å². The Morgan fingerprint density at radius 2 is 1.91 bits per heavy atom. The van der Waals surface area contributed by atoms with Gasteiger partial charge in [-0.3, -0.25) is 4.40 Å². The molecule has 1 aromatic carbocycles. The van der Waals surface area contributed by atoms with Gasteiger partial charge in [0.1, 0.15) is 0 Å². The summed E-state index contributed by atoms with van der Waals surface area (Å²) in [5.41, 5.74) is 5.65. The first-order valence-corrected chi connectivity index (χ1v) is 8.85. The highest BCUT2D eigenvalue weighted by Gasteiger charge is 2.19. The number of imidazole rings is 1. The molecular weight excluding hydrogens is 302 g/mol. The molecule has 2 heterocycles. The van der Waals surface area contributed by atoms with E-state index < -0.39 is 0 Å². The van der Waals surface area contributed by atoms with E-state index in [9.17, 15) is 5.26 Å². The Hall–Kier alpha value is -2.12. The molecule has 0 saturated carbocycles. The van der Waals surface area contributed by atoms with Gasteiger partial charge >= 0.3 is 0 Å².